The number of nitriles is 1. The highest BCUT2D eigenvalue weighted by Crippen LogP contribution is 2.28. The van der Waals surface area contributed by atoms with Crippen LogP contribution in [0, 0.1) is 11.3 Å². The van der Waals surface area contributed by atoms with Gasteiger partial charge in [0.05, 0.1) is 31.3 Å². The van der Waals surface area contributed by atoms with Gasteiger partial charge in [0.1, 0.15) is 11.6 Å². The van der Waals surface area contributed by atoms with Crippen molar-refractivity contribution in [2.75, 3.05) is 24.5 Å². The largest absolute Gasteiger partial charge is 0.366 e. The molecule has 0 radical (unpaired) electrons. The second kappa shape index (κ2) is 8.45. The van der Waals surface area contributed by atoms with E-state index in [9.17, 15) is 9.59 Å². The Labute approximate surface area is 155 Å². The van der Waals surface area contributed by atoms with Crippen molar-refractivity contribution in [3.05, 3.63) is 45.9 Å². The third-order valence-corrected chi connectivity index (χ3v) is 5.10. The third-order valence-electron chi connectivity index (χ3n) is 4.02. The molecule has 0 bridgehead atoms. The zero-order valence-electron chi connectivity index (χ0n) is 14.2. The van der Waals surface area contributed by atoms with Crippen LogP contribution in [0.5, 0.6) is 0 Å². The number of amides is 2. The van der Waals surface area contributed by atoms with E-state index in [1.807, 2.05) is 24.3 Å². The Morgan fingerprint density at radius 1 is 1.23 bits per heavy atom. The Kier molecular flexibility index (Phi) is 5.81. The molecular formula is C18H19N5O2S. The fourth-order valence-electron chi connectivity index (χ4n) is 2.76. The van der Waals surface area contributed by atoms with Gasteiger partial charge in [-0.05, 0) is 12.1 Å². The summed E-state index contributed by atoms with van der Waals surface area (Å²) in [7, 11) is 0. The molecule has 26 heavy (non-hydrogen) atoms. The van der Waals surface area contributed by atoms with Crippen molar-refractivity contribution in [3.8, 4) is 6.07 Å². The van der Waals surface area contributed by atoms with E-state index in [1.54, 1.807) is 11.3 Å². The highest BCUT2D eigenvalue weighted by Gasteiger charge is 2.21. The molecule has 1 aromatic carbocycles. The lowest BCUT2D eigenvalue weighted by Crippen LogP contribution is -2.37. The van der Waals surface area contributed by atoms with Gasteiger partial charge in [-0.15, -0.1) is 11.3 Å². The summed E-state index contributed by atoms with van der Waals surface area (Å²) in [5, 5.41) is 14.1. The maximum Gasteiger partial charge on any atom is 0.240 e. The van der Waals surface area contributed by atoms with Crippen LogP contribution in [0.2, 0.25) is 0 Å². The number of carbonyl (C=O) groups is 2. The minimum absolute atomic E-state index is 0.0637. The molecular weight excluding hydrogens is 350 g/mol. The molecule has 1 aromatic heterocycles. The Balaban J connectivity index is 1.54. The average molecular weight is 369 g/mol. The fraction of sp³-hybridized carbons (Fsp3) is 0.333. The van der Waals surface area contributed by atoms with Crippen LogP contribution in [0.15, 0.2) is 30.3 Å². The molecule has 1 aliphatic rings. The van der Waals surface area contributed by atoms with E-state index in [4.69, 9.17) is 5.26 Å². The number of anilines is 1. The summed E-state index contributed by atoms with van der Waals surface area (Å²) in [6.07, 6.45) is 1.02. The van der Waals surface area contributed by atoms with Gasteiger partial charge in [-0.3, -0.25) is 9.59 Å². The molecule has 0 atom stereocenters. The van der Waals surface area contributed by atoms with Crippen LogP contribution in [0.25, 0.3) is 0 Å². The Bertz CT molecular complexity index is 828. The van der Waals surface area contributed by atoms with Crippen LogP contribution in [0.1, 0.15) is 15.6 Å². The molecule has 134 valence electrons. The molecule has 1 aliphatic heterocycles. The van der Waals surface area contributed by atoms with E-state index >= 15 is 0 Å². The topological polar surface area (TPSA) is 98.1 Å². The lowest BCUT2D eigenvalue weighted by atomic mass is 10.1. The highest BCUT2D eigenvalue weighted by molar-refractivity contribution is 7.11. The number of nitrogens with zero attached hydrogens (tertiary/aromatic N) is 3. The summed E-state index contributed by atoms with van der Waals surface area (Å²) >= 11 is 1.55. The molecule has 0 aliphatic carbocycles. The van der Waals surface area contributed by atoms with Gasteiger partial charge < -0.3 is 15.5 Å². The first-order valence-electron chi connectivity index (χ1n) is 8.33. The molecule has 2 heterocycles. The van der Waals surface area contributed by atoms with Gasteiger partial charge in [0, 0.05) is 23.5 Å². The standard InChI is InChI=1S/C18H19N5O2S/c19-7-8-20-17(25)11-21-16(24)10-18-22-14-6-9-23(12-15(14)26-18)13-4-2-1-3-5-13/h1-5H,6,8-12H2,(H,20,25)(H,21,24). The van der Waals surface area contributed by atoms with Crippen LogP contribution >= 0.6 is 11.3 Å². The highest BCUT2D eigenvalue weighted by atomic mass is 32.1. The second-order valence-electron chi connectivity index (χ2n) is 5.87. The van der Waals surface area contributed by atoms with Crippen molar-refractivity contribution in [1.29, 1.82) is 5.26 Å². The molecule has 3 rings (SSSR count). The third kappa shape index (κ3) is 4.58. The van der Waals surface area contributed by atoms with Gasteiger partial charge in [-0.1, -0.05) is 18.2 Å². The van der Waals surface area contributed by atoms with E-state index in [2.05, 4.69) is 32.7 Å². The minimum atomic E-state index is -0.378. The van der Waals surface area contributed by atoms with Crippen LogP contribution < -0.4 is 15.5 Å². The molecule has 2 N–H and O–H groups in total. The lowest BCUT2D eigenvalue weighted by molar-refractivity contribution is -0.125. The molecule has 2 aromatic rings. The van der Waals surface area contributed by atoms with Gasteiger partial charge in [-0.25, -0.2) is 4.98 Å². The number of benzene rings is 1. The van der Waals surface area contributed by atoms with Crippen molar-refractivity contribution in [2.45, 2.75) is 19.4 Å². The number of aromatic nitrogens is 1. The predicted octanol–water partition coefficient (Wildman–Crippen LogP) is 1.00. The van der Waals surface area contributed by atoms with E-state index in [-0.39, 0.29) is 31.3 Å². The number of hydrogen-bond donors (Lipinski definition) is 2. The van der Waals surface area contributed by atoms with Crippen LogP contribution in [0.3, 0.4) is 0 Å². The van der Waals surface area contributed by atoms with Crippen LogP contribution in [-0.2, 0) is 29.0 Å². The van der Waals surface area contributed by atoms with Crippen LogP contribution in [0.4, 0.5) is 5.69 Å². The van der Waals surface area contributed by atoms with E-state index < -0.39 is 0 Å². The van der Waals surface area contributed by atoms with Crippen molar-refractivity contribution in [3.63, 3.8) is 0 Å². The first-order valence-corrected chi connectivity index (χ1v) is 9.15. The first-order chi connectivity index (χ1) is 12.7. The Hall–Kier alpha value is -2.92. The molecule has 0 unspecified atom stereocenters. The summed E-state index contributed by atoms with van der Waals surface area (Å²) in [4.78, 5) is 31.5. The zero-order valence-corrected chi connectivity index (χ0v) is 15.0. The molecule has 0 spiro atoms. The summed E-state index contributed by atoms with van der Waals surface area (Å²) < 4.78 is 0. The predicted molar refractivity (Wildman–Crippen MR) is 98.6 cm³/mol. The number of hydrogen-bond acceptors (Lipinski definition) is 6. The molecule has 0 fully saturated rings. The van der Waals surface area contributed by atoms with Gasteiger partial charge in [-0.2, -0.15) is 5.26 Å². The maximum atomic E-state index is 12.0. The van der Waals surface area contributed by atoms with Crippen molar-refractivity contribution < 1.29 is 9.59 Å². The summed E-state index contributed by atoms with van der Waals surface area (Å²) in [6.45, 7) is 1.51. The van der Waals surface area contributed by atoms with Crippen molar-refractivity contribution >= 4 is 28.8 Å². The number of para-hydroxylation sites is 1. The van der Waals surface area contributed by atoms with Crippen molar-refractivity contribution in [1.82, 2.24) is 15.6 Å². The minimum Gasteiger partial charge on any atom is -0.366 e. The van der Waals surface area contributed by atoms with Crippen molar-refractivity contribution in [2.24, 2.45) is 0 Å². The lowest BCUT2D eigenvalue weighted by Gasteiger charge is -2.28. The summed E-state index contributed by atoms with van der Waals surface area (Å²) in [5.74, 6) is -0.625. The molecule has 8 heteroatoms. The van der Waals surface area contributed by atoms with Gasteiger partial charge in [0.2, 0.25) is 11.8 Å². The Morgan fingerprint density at radius 2 is 2.04 bits per heavy atom. The monoisotopic (exact) mass is 369 g/mol. The van der Waals surface area contributed by atoms with E-state index in [0.717, 1.165) is 30.2 Å². The Morgan fingerprint density at radius 3 is 2.81 bits per heavy atom. The van der Waals surface area contributed by atoms with E-state index in [1.165, 1.54) is 10.6 Å². The maximum absolute atomic E-state index is 12.0. The summed E-state index contributed by atoms with van der Waals surface area (Å²) in [5.41, 5.74) is 2.26. The number of nitrogens with one attached hydrogen (secondary N) is 2. The van der Waals surface area contributed by atoms with Gasteiger partial charge in [0.15, 0.2) is 0 Å². The quantitative estimate of drug-likeness (QED) is 0.741. The SMILES string of the molecule is N#CCNC(=O)CNC(=O)Cc1nc2c(s1)CN(c1ccccc1)CC2. The first kappa shape index (κ1) is 17.9. The second-order valence-corrected chi connectivity index (χ2v) is 7.04. The zero-order chi connectivity index (χ0) is 18.4. The number of fused-ring (bicyclic) bond motifs is 1. The summed E-state index contributed by atoms with van der Waals surface area (Å²) in [6, 6.07) is 12.1. The molecule has 7 nitrogen and oxygen atoms in total. The average Bonchev–Trinajstić information content (AvgIpc) is 3.06. The van der Waals surface area contributed by atoms with E-state index in [0.29, 0.717) is 0 Å². The smallest absolute Gasteiger partial charge is 0.240 e. The fourth-order valence-corrected chi connectivity index (χ4v) is 3.89. The van der Waals surface area contributed by atoms with Gasteiger partial charge in [0.25, 0.3) is 0 Å². The number of carbonyl (C=O) groups excluding carboxylic acids is 2. The number of rotatable bonds is 6. The van der Waals surface area contributed by atoms with Crippen LogP contribution in [-0.4, -0.2) is 36.4 Å². The van der Waals surface area contributed by atoms with Gasteiger partial charge >= 0.3 is 0 Å². The molecule has 0 saturated carbocycles. The molecule has 0 saturated heterocycles. The molecule has 2 amide bonds. The number of thiazole rings is 1. The normalized spacial score (nSPS) is 12.8.